The van der Waals surface area contributed by atoms with E-state index in [1.54, 1.807) is 0 Å². The summed E-state index contributed by atoms with van der Waals surface area (Å²) in [4.78, 5) is 29.4. The summed E-state index contributed by atoms with van der Waals surface area (Å²) in [5.41, 5.74) is 5.29. The summed E-state index contributed by atoms with van der Waals surface area (Å²) in [6.07, 6.45) is 6.82. The van der Waals surface area contributed by atoms with Gasteiger partial charge in [-0.05, 0) is 25.7 Å². The summed E-state index contributed by atoms with van der Waals surface area (Å²) in [5, 5.41) is 6.90. The van der Waals surface area contributed by atoms with Gasteiger partial charge in [0.1, 0.15) is 0 Å². The second kappa shape index (κ2) is 7.63. The fraction of sp³-hybridized carbons (Fsp3) is 0.750. The minimum Gasteiger partial charge on any atom is -0.355 e. The number of rotatable bonds is 5. The van der Waals surface area contributed by atoms with Gasteiger partial charge in [0.15, 0.2) is 5.82 Å². The van der Waals surface area contributed by atoms with Gasteiger partial charge >= 0.3 is 6.03 Å². The monoisotopic (exact) mass is 335 g/mol. The molecule has 0 radical (unpaired) electrons. The average Bonchev–Trinajstić information content (AvgIpc) is 3.26. The second-order valence-corrected chi connectivity index (χ2v) is 6.69. The third-order valence-corrected chi connectivity index (χ3v) is 4.94. The molecule has 1 saturated heterocycles. The van der Waals surface area contributed by atoms with Crippen molar-refractivity contribution in [1.82, 2.24) is 20.4 Å². The maximum Gasteiger partial charge on any atom is 0.314 e. The van der Waals surface area contributed by atoms with Crippen LogP contribution in [0.4, 0.5) is 4.79 Å². The number of carbonyl (C=O) groups is 2. The van der Waals surface area contributed by atoms with Crippen LogP contribution < -0.4 is 11.1 Å². The van der Waals surface area contributed by atoms with Gasteiger partial charge in [-0.3, -0.25) is 4.79 Å². The van der Waals surface area contributed by atoms with E-state index in [0.717, 1.165) is 31.6 Å². The smallest absolute Gasteiger partial charge is 0.314 e. The molecular weight excluding hydrogens is 310 g/mol. The van der Waals surface area contributed by atoms with E-state index in [1.807, 2.05) is 0 Å². The van der Waals surface area contributed by atoms with E-state index in [-0.39, 0.29) is 11.8 Å². The number of carbonyl (C=O) groups excluding carboxylic acids is 2. The number of hydrogen-bond donors (Lipinski definition) is 2. The molecular formula is C16H25N5O3. The normalized spacial score (nSPS) is 21.8. The first-order valence-electron chi connectivity index (χ1n) is 8.78. The van der Waals surface area contributed by atoms with Crippen molar-refractivity contribution in [1.29, 1.82) is 0 Å². The Morgan fingerprint density at radius 2 is 2.04 bits per heavy atom. The lowest BCUT2D eigenvalue weighted by Crippen LogP contribution is -2.47. The van der Waals surface area contributed by atoms with Crippen LogP contribution in [0.25, 0.3) is 0 Å². The molecule has 8 heteroatoms. The Kier molecular flexibility index (Phi) is 5.32. The maximum atomic E-state index is 12.2. The molecule has 0 spiro atoms. The van der Waals surface area contributed by atoms with Crippen molar-refractivity contribution in [2.24, 2.45) is 11.7 Å². The van der Waals surface area contributed by atoms with Crippen molar-refractivity contribution in [3.63, 3.8) is 0 Å². The van der Waals surface area contributed by atoms with Crippen LogP contribution >= 0.6 is 0 Å². The molecule has 1 saturated carbocycles. The number of amides is 3. The van der Waals surface area contributed by atoms with Crippen LogP contribution in [0.15, 0.2) is 4.52 Å². The highest BCUT2D eigenvalue weighted by molar-refractivity contribution is 5.80. The zero-order chi connectivity index (χ0) is 16.9. The van der Waals surface area contributed by atoms with Gasteiger partial charge in [-0.25, -0.2) is 4.79 Å². The first kappa shape index (κ1) is 16.7. The number of primary amides is 1. The molecule has 0 bridgehead atoms. The van der Waals surface area contributed by atoms with Crippen LogP contribution in [0.2, 0.25) is 0 Å². The Labute approximate surface area is 141 Å². The number of nitrogens with one attached hydrogen (secondary N) is 1. The third-order valence-electron chi connectivity index (χ3n) is 4.94. The Bertz CT molecular complexity index is 582. The van der Waals surface area contributed by atoms with E-state index < -0.39 is 6.03 Å². The molecule has 8 nitrogen and oxygen atoms in total. The summed E-state index contributed by atoms with van der Waals surface area (Å²) in [5.74, 6) is 1.55. The highest BCUT2D eigenvalue weighted by Crippen LogP contribution is 2.32. The molecule has 24 heavy (non-hydrogen) atoms. The van der Waals surface area contributed by atoms with Crippen molar-refractivity contribution in [3.8, 4) is 0 Å². The second-order valence-electron chi connectivity index (χ2n) is 6.69. The van der Waals surface area contributed by atoms with E-state index in [1.165, 1.54) is 17.7 Å². The van der Waals surface area contributed by atoms with E-state index in [0.29, 0.717) is 37.8 Å². The van der Waals surface area contributed by atoms with Crippen molar-refractivity contribution < 1.29 is 14.1 Å². The summed E-state index contributed by atoms with van der Waals surface area (Å²) >= 11 is 0. The molecule has 1 unspecified atom stereocenters. The molecule has 3 amide bonds. The molecule has 3 N–H and O–H groups in total. The Hall–Kier alpha value is -2.12. The Morgan fingerprint density at radius 1 is 1.25 bits per heavy atom. The van der Waals surface area contributed by atoms with Crippen LogP contribution in [0.3, 0.4) is 0 Å². The number of piperidine rings is 1. The summed E-state index contributed by atoms with van der Waals surface area (Å²) in [6.45, 7) is 1.50. The predicted octanol–water partition coefficient (Wildman–Crippen LogP) is 1.18. The van der Waals surface area contributed by atoms with Crippen molar-refractivity contribution in [2.75, 3.05) is 19.6 Å². The van der Waals surface area contributed by atoms with Crippen LogP contribution in [0.5, 0.6) is 0 Å². The van der Waals surface area contributed by atoms with Gasteiger partial charge in [0.2, 0.25) is 11.8 Å². The zero-order valence-corrected chi connectivity index (χ0v) is 13.9. The molecule has 1 aliphatic carbocycles. The van der Waals surface area contributed by atoms with E-state index >= 15 is 0 Å². The molecule has 0 aromatic carbocycles. The van der Waals surface area contributed by atoms with Crippen molar-refractivity contribution in [2.45, 2.75) is 50.9 Å². The average molecular weight is 335 g/mol. The fourth-order valence-electron chi connectivity index (χ4n) is 3.54. The Balaban J connectivity index is 1.42. The van der Waals surface area contributed by atoms with Crippen molar-refractivity contribution in [3.05, 3.63) is 11.7 Å². The summed E-state index contributed by atoms with van der Waals surface area (Å²) < 4.78 is 5.33. The van der Waals surface area contributed by atoms with Crippen LogP contribution in [-0.4, -0.2) is 46.6 Å². The topological polar surface area (TPSA) is 114 Å². The largest absolute Gasteiger partial charge is 0.355 e. The standard InChI is InChI=1S/C16H25N5O3/c17-16(23)21-9-3-6-12(10-21)14(22)18-8-7-13-19-15(24-20-13)11-4-1-2-5-11/h11-12H,1-10H2,(H2,17,23)(H,18,22). The molecule has 1 atom stereocenters. The molecule has 3 rings (SSSR count). The van der Waals surface area contributed by atoms with E-state index in [4.69, 9.17) is 10.3 Å². The minimum absolute atomic E-state index is 0.0412. The minimum atomic E-state index is -0.460. The van der Waals surface area contributed by atoms with Gasteiger partial charge in [-0.15, -0.1) is 0 Å². The number of urea groups is 1. The molecule has 2 fully saturated rings. The van der Waals surface area contributed by atoms with Gasteiger partial charge in [-0.2, -0.15) is 4.98 Å². The highest BCUT2D eigenvalue weighted by Gasteiger charge is 2.27. The molecule has 1 aromatic rings. The van der Waals surface area contributed by atoms with Gasteiger partial charge in [0, 0.05) is 32.0 Å². The van der Waals surface area contributed by atoms with E-state index in [9.17, 15) is 9.59 Å². The lowest BCUT2D eigenvalue weighted by Gasteiger charge is -2.30. The number of likely N-dealkylation sites (tertiary alicyclic amines) is 1. The molecule has 132 valence electrons. The van der Waals surface area contributed by atoms with Crippen molar-refractivity contribution >= 4 is 11.9 Å². The number of nitrogens with zero attached hydrogens (tertiary/aromatic N) is 3. The molecule has 1 aromatic heterocycles. The first-order chi connectivity index (χ1) is 11.6. The molecule has 1 aliphatic heterocycles. The zero-order valence-electron chi connectivity index (χ0n) is 13.9. The van der Waals surface area contributed by atoms with Gasteiger partial charge in [0.05, 0.1) is 5.92 Å². The number of hydrogen-bond acceptors (Lipinski definition) is 5. The number of nitrogens with two attached hydrogens (primary N) is 1. The summed E-state index contributed by atoms with van der Waals surface area (Å²) in [7, 11) is 0. The number of aromatic nitrogens is 2. The quantitative estimate of drug-likeness (QED) is 0.838. The van der Waals surface area contributed by atoms with E-state index in [2.05, 4.69) is 15.5 Å². The van der Waals surface area contributed by atoms with Gasteiger partial charge < -0.3 is 20.5 Å². The lowest BCUT2D eigenvalue weighted by atomic mass is 9.97. The lowest BCUT2D eigenvalue weighted by molar-refractivity contribution is -0.126. The molecule has 2 aliphatic rings. The van der Waals surface area contributed by atoms with Gasteiger partial charge in [0.25, 0.3) is 0 Å². The maximum absolute atomic E-state index is 12.2. The van der Waals surface area contributed by atoms with Crippen LogP contribution in [0.1, 0.15) is 56.2 Å². The SMILES string of the molecule is NC(=O)N1CCCC(C(=O)NCCc2noc(C3CCCC3)n2)C1. The van der Waals surface area contributed by atoms with Gasteiger partial charge in [-0.1, -0.05) is 18.0 Å². The highest BCUT2D eigenvalue weighted by atomic mass is 16.5. The Morgan fingerprint density at radius 3 is 2.79 bits per heavy atom. The predicted molar refractivity (Wildman–Crippen MR) is 86.1 cm³/mol. The molecule has 2 heterocycles. The van der Waals surface area contributed by atoms with Crippen LogP contribution in [0, 0.1) is 5.92 Å². The third kappa shape index (κ3) is 4.04. The van der Waals surface area contributed by atoms with Crippen LogP contribution in [-0.2, 0) is 11.2 Å². The first-order valence-corrected chi connectivity index (χ1v) is 8.78. The fourth-order valence-corrected chi connectivity index (χ4v) is 3.54. The summed E-state index contributed by atoms with van der Waals surface area (Å²) in [6, 6.07) is -0.460.